The zero-order valence-corrected chi connectivity index (χ0v) is 15.4. The number of benzene rings is 1. The Kier molecular flexibility index (Phi) is 5.57. The van der Waals surface area contributed by atoms with Gasteiger partial charge in [-0.3, -0.25) is 5.26 Å². The van der Waals surface area contributed by atoms with Gasteiger partial charge in [0.2, 0.25) is 0 Å². The summed E-state index contributed by atoms with van der Waals surface area (Å²) in [5.41, 5.74) is 5.71. The van der Waals surface area contributed by atoms with Gasteiger partial charge in [0.1, 0.15) is 16.6 Å². The van der Waals surface area contributed by atoms with Crippen LogP contribution in [0.2, 0.25) is 0 Å². The Morgan fingerprint density at radius 3 is 2.42 bits per heavy atom. The number of allylic oxidation sites excluding steroid dienone is 1. The molecule has 3 rings (SSSR count). The number of anilines is 1. The van der Waals surface area contributed by atoms with E-state index in [1.54, 1.807) is 0 Å². The molecule has 26 heavy (non-hydrogen) atoms. The molecule has 2 aliphatic rings. The molecule has 1 atom stereocenters. The van der Waals surface area contributed by atoms with E-state index < -0.39 is 22.7 Å². The second-order valence-corrected chi connectivity index (χ2v) is 8.42. The van der Waals surface area contributed by atoms with Crippen LogP contribution in [-0.2, 0) is 40.5 Å². The van der Waals surface area contributed by atoms with Gasteiger partial charge < -0.3 is 5.32 Å². The standard InChI is InChI=1S/C18H23N3O4S/c1-3-12(2)26(24,19-11-25-23)21-18(22)20-17-15-8-4-6-13(15)10-14-7-5-9-16(14)17/h3,10,23H,1-2,4-9,11H2,(H2,19,20,21,22,24). The summed E-state index contributed by atoms with van der Waals surface area (Å²) in [5, 5.41) is 11.3. The van der Waals surface area contributed by atoms with Gasteiger partial charge in [0, 0.05) is 5.69 Å². The van der Waals surface area contributed by atoms with Crippen molar-refractivity contribution < 1.29 is 19.1 Å². The minimum Gasteiger partial charge on any atom is -0.305 e. The molecule has 0 saturated carbocycles. The quantitative estimate of drug-likeness (QED) is 0.306. The van der Waals surface area contributed by atoms with E-state index in [1.807, 2.05) is 0 Å². The summed E-state index contributed by atoms with van der Waals surface area (Å²) >= 11 is 0. The molecule has 2 amide bonds. The lowest BCUT2D eigenvalue weighted by Gasteiger charge is -2.16. The number of hydrogen-bond donors (Lipinski definition) is 3. The predicted octanol–water partition coefficient (Wildman–Crippen LogP) is 3.32. The number of nitrogens with zero attached hydrogens (tertiary/aromatic N) is 1. The first-order valence-electron chi connectivity index (χ1n) is 8.55. The number of carbonyl (C=O) groups is 1. The highest BCUT2D eigenvalue weighted by Gasteiger charge is 2.25. The van der Waals surface area contributed by atoms with Crippen molar-refractivity contribution >= 4 is 21.6 Å². The van der Waals surface area contributed by atoms with Crippen LogP contribution in [0.5, 0.6) is 0 Å². The smallest absolute Gasteiger partial charge is 0.305 e. The van der Waals surface area contributed by atoms with E-state index in [0.29, 0.717) is 0 Å². The van der Waals surface area contributed by atoms with Gasteiger partial charge >= 0.3 is 6.03 Å². The van der Waals surface area contributed by atoms with Crippen LogP contribution in [0.25, 0.3) is 0 Å². The summed E-state index contributed by atoms with van der Waals surface area (Å²) in [4.78, 5) is 16.5. The van der Waals surface area contributed by atoms with Crippen LogP contribution < -0.4 is 10.0 Å². The highest BCUT2D eigenvalue weighted by Crippen LogP contribution is 2.38. The van der Waals surface area contributed by atoms with Gasteiger partial charge in [-0.15, -0.1) is 4.36 Å². The molecule has 1 aromatic rings. The Labute approximate surface area is 153 Å². The molecule has 8 heteroatoms. The maximum Gasteiger partial charge on any atom is 0.354 e. The molecule has 7 nitrogen and oxygen atoms in total. The first-order valence-corrected chi connectivity index (χ1v) is 10.1. The predicted molar refractivity (Wildman–Crippen MR) is 101 cm³/mol. The summed E-state index contributed by atoms with van der Waals surface area (Å²) in [7, 11) is -3.36. The van der Waals surface area contributed by atoms with Crippen LogP contribution in [0.1, 0.15) is 35.1 Å². The SMILES string of the molecule is C=CC(=C)S(=O)(=NC(=O)Nc1c2c(cc3c1CCC3)CCC2)NCOO. The number of rotatable bonds is 6. The molecule has 1 unspecified atom stereocenters. The molecule has 0 aromatic heterocycles. The fourth-order valence-electron chi connectivity index (χ4n) is 3.62. The molecule has 0 heterocycles. The van der Waals surface area contributed by atoms with Gasteiger partial charge in [-0.1, -0.05) is 25.3 Å². The van der Waals surface area contributed by atoms with Crippen molar-refractivity contribution in [2.45, 2.75) is 38.5 Å². The second-order valence-electron chi connectivity index (χ2n) is 6.37. The summed E-state index contributed by atoms with van der Waals surface area (Å²) in [6.07, 6.45) is 7.26. The zero-order valence-electron chi connectivity index (χ0n) is 14.5. The molecule has 0 saturated heterocycles. The van der Waals surface area contributed by atoms with Crippen molar-refractivity contribution in [1.29, 1.82) is 0 Å². The highest BCUT2D eigenvalue weighted by atomic mass is 32.2. The Balaban J connectivity index is 1.94. The van der Waals surface area contributed by atoms with Crippen LogP contribution in [0.4, 0.5) is 10.5 Å². The van der Waals surface area contributed by atoms with Crippen molar-refractivity contribution in [3.05, 3.63) is 52.5 Å². The maximum atomic E-state index is 12.8. The van der Waals surface area contributed by atoms with Gasteiger partial charge in [0.15, 0.2) is 0 Å². The van der Waals surface area contributed by atoms with Gasteiger partial charge in [0.25, 0.3) is 0 Å². The number of fused-ring (bicyclic) bond motifs is 2. The summed E-state index contributed by atoms with van der Waals surface area (Å²) < 4.78 is 19.0. The van der Waals surface area contributed by atoms with Crippen molar-refractivity contribution in [1.82, 2.24) is 4.72 Å². The molecule has 0 aliphatic heterocycles. The average molecular weight is 377 g/mol. The monoisotopic (exact) mass is 377 g/mol. The number of carbonyl (C=O) groups excluding carboxylic acids is 1. The van der Waals surface area contributed by atoms with Crippen LogP contribution >= 0.6 is 0 Å². The van der Waals surface area contributed by atoms with Gasteiger partial charge in [-0.25, -0.2) is 13.9 Å². The first-order chi connectivity index (χ1) is 12.5. The molecular weight excluding hydrogens is 354 g/mol. The zero-order chi connectivity index (χ0) is 18.7. The molecule has 2 aliphatic carbocycles. The average Bonchev–Trinajstić information content (AvgIpc) is 3.27. The topological polar surface area (TPSA) is 100 Å². The number of nitrogens with one attached hydrogen (secondary N) is 2. The van der Waals surface area contributed by atoms with E-state index in [9.17, 15) is 9.00 Å². The normalized spacial score (nSPS) is 17.1. The molecule has 0 bridgehead atoms. The van der Waals surface area contributed by atoms with E-state index in [1.165, 1.54) is 17.2 Å². The van der Waals surface area contributed by atoms with Crippen LogP contribution in [0.3, 0.4) is 0 Å². The Morgan fingerprint density at radius 2 is 1.88 bits per heavy atom. The van der Waals surface area contributed by atoms with Crippen molar-refractivity contribution in [2.75, 3.05) is 12.0 Å². The Bertz CT molecular complexity index is 853. The molecule has 1 aromatic carbocycles. The minimum atomic E-state index is -3.36. The van der Waals surface area contributed by atoms with Crippen molar-refractivity contribution in [3.63, 3.8) is 0 Å². The van der Waals surface area contributed by atoms with Crippen LogP contribution in [0, 0.1) is 0 Å². The van der Waals surface area contributed by atoms with E-state index >= 15 is 0 Å². The van der Waals surface area contributed by atoms with E-state index in [-0.39, 0.29) is 4.91 Å². The van der Waals surface area contributed by atoms with E-state index in [0.717, 1.165) is 55.3 Å². The van der Waals surface area contributed by atoms with Crippen LogP contribution in [0.15, 0.2) is 34.6 Å². The maximum absolute atomic E-state index is 12.8. The largest absolute Gasteiger partial charge is 0.354 e. The fourth-order valence-corrected chi connectivity index (χ4v) is 4.70. The lowest BCUT2D eigenvalue weighted by Crippen LogP contribution is -2.28. The molecule has 0 spiro atoms. The van der Waals surface area contributed by atoms with Crippen molar-refractivity contribution in [2.24, 2.45) is 4.36 Å². The van der Waals surface area contributed by atoms with Crippen LogP contribution in [-0.4, -0.2) is 22.2 Å². The number of aryl methyl sites for hydroxylation is 2. The highest BCUT2D eigenvalue weighted by molar-refractivity contribution is 7.96. The lowest BCUT2D eigenvalue weighted by molar-refractivity contribution is -0.243. The Morgan fingerprint density at radius 1 is 1.27 bits per heavy atom. The number of urea groups is 1. The van der Waals surface area contributed by atoms with E-state index in [2.05, 4.69) is 38.5 Å². The molecule has 140 valence electrons. The summed E-state index contributed by atoms with van der Waals surface area (Å²) in [6.45, 7) is 6.65. The number of amides is 2. The lowest BCUT2D eigenvalue weighted by atomic mass is 9.99. The van der Waals surface area contributed by atoms with Gasteiger partial charge in [-0.2, -0.15) is 4.72 Å². The number of hydrogen-bond acceptors (Lipinski definition) is 4. The molecule has 0 fully saturated rings. The summed E-state index contributed by atoms with van der Waals surface area (Å²) in [5.74, 6) is 0. The van der Waals surface area contributed by atoms with E-state index in [4.69, 9.17) is 5.26 Å². The van der Waals surface area contributed by atoms with Crippen molar-refractivity contribution in [3.8, 4) is 0 Å². The third kappa shape index (κ3) is 3.59. The molecule has 0 radical (unpaired) electrons. The van der Waals surface area contributed by atoms with Gasteiger partial charge in [-0.05, 0) is 60.8 Å². The Hall–Kier alpha value is -2.00. The summed E-state index contributed by atoms with van der Waals surface area (Å²) in [6, 6.07) is 1.54. The molecule has 3 N–H and O–H groups in total. The molecular formula is C18H23N3O4S. The van der Waals surface area contributed by atoms with Gasteiger partial charge in [0.05, 0.1) is 4.91 Å². The minimum absolute atomic E-state index is 0.0354. The fraction of sp³-hybridized carbons (Fsp3) is 0.389. The second kappa shape index (κ2) is 7.71. The third-order valence-corrected chi connectivity index (χ3v) is 6.63. The third-order valence-electron chi connectivity index (χ3n) is 4.82. The first kappa shape index (κ1) is 18.8.